The van der Waals surface area contributed by atoms with Crippen LogP contribution in [0.25, 0.3) is 63.6 Å². The second-order valence-electron chi connectivity index (χ2n) is 11.4. The number of fused-ring (bicyclic) bond motifs is 8. The van der Waals surface area contributed by atoms with E-state index in [1.165, 1.54) is 69.3 Å². The Balaban J connectivity index is 1.33. The quantitative estimate of drug-likeness (QED) is 0.188. The lowest BCUT2D eigenvalue weighted by molar-refractivity contribution is 1.31. The maximum Gasteiger partial charge on any atom is 0.0546 e. The molecule has 0 aliphatic rings. The van der Waals surface area contributed by atoms with Crippen LogP contribution in [0, 0.1) is 0 Å². The van der Waals surface area contributed by atoms with Gasteiger partial charge in [-0.25, -0.2) is 0 Å². The maximum absolute atomic E-state index is 2.45. The molecule has 0 aliphatic heterocycles. The van der Waals surface area contributed by atoms with Crippen LogP contribution in [0.2, 0.25) is 0 Å². The summed E-state index contributed by atoms with van der Waals surface area (Å²) >= 11 is 1.86. The van der Waals surface area contributed by atoms with Crippen molar-refractivity contribution in [3.63, 3.8) is 0 Å². The summed E-state index contributed by atoms with van der Waals surface area (Å²) in [4.78, 5) is 2.45. The zero-order valence-corrected chi connectivity index (χ0v) is 24.8. The highest BCUT2D eigenvalue weighted by Gasteiger charge is 2.19. The highest BCUT2D eigenvalue weighted by molar-refractivity contribution is 7.25. The third kappa shape index (κ3) is 4.00. The highest BCUT2D eigenvalue weighted by Crippen LogP contribution is 2.45. The predicted octanol–water partition coefficient (Wildman–Crippen LogP) is 12.7. The molecule has 9 aromatic rings. The van der Waals surface area contributed by atoms with Gasteiger partial charge in [-0.1, -0.05) is 127 Å². The monoisotopic (exact) mass is 577 g/mol. The van der Waals surface area contributed by atoms with E-state index in [1.54, 1.807) is 0 Å². The minimum atomic E-state index is 1.13. The van der Waals surface area contributed by atoms with Crippen molar-refractivity contribution in [3.8, 4) is 11.1 Å². The SMILES string of the molecule is c1ccc(-c2ccc(N(c3ccc4c(c3)sc3ccccc34)c3cc4c5ccccc5ccc4c4ccccc34)cc2)cc1. The molecule has 1 heterocycles. The second-order valence-corrected chi connectivity index (χ2v) is 12.4. The molecule has 0 aliphatic carbocycles. The lowest BCUT2D eigenvalue weighted by Crippen LogP contribution is -2.10. The molecule has 1 aromatic heterocycles. The van der Waals surface area contributed by atoms with Crippen LogP contribution >= 0.6 is 11.3 Å². The van der Waals surface area contributed by atoms with Crippen LogP contribution in [-0.2, 0) is 0 Å². The molecule has 206 valence electrons. The Morgan fingerprint density at radius 1 is 0.341 bits per heavy atom. The topological polar surface area (TPSA) is 3.24 Å². The van der Waals surface area contributed by atoms with Gasteiger partial charge in [-0.3, -0.25) is 0 Å². The molecule has 0 N–H and O–H groups in total. The minimum Gasteiger partial charge on any atom is -0.310 e. The predicted molar refractivity (Wildman–Crippen MR) is 192 cm³/mol. The van der Waals surface area contributed by atoms with E-state index in [-0.39, 0.29) is 0 Å². The summed E-state index contributed by atoms with van der Waals surface area (Å²) in [6, 6.07) is 59.8. The lowest BCUT2D eigenvalue weighted by Gasteiger charge is -2.28. The Morgan fingerprint density at radius 2 is 0.932 bits per heavy atom. The first-order valence-electron chi connectivity index (χ1n) is 15.0. The Morgan fingerprint density at radius 3 is 1.77 bits per heavy atom. The van der Waals surface area contributed by atoms with E-state index >= 15 is 0 Å². The standard InChI is InChI=1S/C42H27NS/c1-2-10-28(11-3-1)29-18-21-31(22-19-29)43(32-23-25-38-37-16-8-9-17-41(37)44-42(38)26-32)40-27-39-33-13-5-4-12-30(33)20-24-35(39)34-14-6-7-15-36(34)40/h1-27H. The molecule has 8 aromatic carbocycles. The summed E-state index contributed by atoms with van der Waals surface area (Å²) in [5.74, 6) is 0. The van der Waals surface area contributed by atoms with Crippen LogP contribution in [0.3, 0.4) is 0 Å². The Labute approximate surface area is 259 Å². The molecule has 0 fully saturated rings. The number of hydrogen-bond donors (Lipinski definition) is 0. The van der Waals surface area contributed by atoms with Crippen molar-refractivity contribution in [2.24, 2.45) is 0 Å². The van der Waals surface area contributed by atoms with Crippen molar-refractivity contribution in [1.82, 2.24) is 0 Å². The molecule has 0 spiro atoms. The molecule has 0 saturated heterocycles. The first kappa shape index (κ1) is 25.1. The zero-order chi connectivity index (χ0) is 29.0. The molecule has 1 nitrogen and oxygen atoms in total. The van der Waals surface area contributed by atoms with Crippen LogP contribution in [-0.4, -0.2) is 0 Å². The van der Waals surface area contributed by atoms with Crippen LogP contribution in [0.1, 0.15) is 0 Å². The highest BCUT2D eigenvalue weighted by atomic mass is 32.1. The third-order valence-corrected chi connectivity index (χ3v) is 9.97. The van der Waals surface area contributed by atoms with E-state index in [4.69, 9.17) is 0 Å². The molecule has 9 rings (SSSR count). The van der Waals surface area contributed by atoms with Gasteiger partial charge in [0.15, 0.2) is 0 Å². The van der Waals surface area contributed by atoms with Crippen molar-refractivity contribution in [2.45, 2.75) is 0 Å². The van der Waals surface area contributed by atoms with E-state index < -0.39 is 0 Å². The number of anilines is 3. The van der Waals surface area contributed by atoms with Crippen LogP contribution in [0.4, 0.5) is 17.1 Å². The Hall–Kier alpha value is -5.44. The fourth-order valence-electron chi connectivity index (χ4n) is 6.74. The second kappa shape index (κ2) is 10.1. The van der Waals surface area contributed by atoms with Crippen LogP contribution < -0.4 is 4.90 Å². The molecule has 0 saturated carbocycles. The number of thiophene rings is 1. The smallest absolute Gasteiger partial charge is 0.0546 e. The van der Waals surface area contributed by atoms with Crippen LogP contribution in [0.15, 0.2) is 164 Å². The van der Waals surface area contributed by atoms with Gasteiger partial charge in [0.25, 0.3) is 0 Å². The summed E-state index contributed by atoms with van der Waals surface area (Å²) in [7, 11) is 0. The molecule has 0 amide bonds. The van der Waals surface area contributed by atoms with Gasteiger partial charge >= 0.3 is 0 Å². The molecular weight excluding hydrogens is 551 g/mol. The molecule has 0 unspecified atom stereocenters. The first-order valence-corrected chi connectivity index (χ1v) is 15.8. The molecule has 0 bridgehead atoms. The average molecular weight is 578 g/mol. The molecule has 0 atom stereocenters. The first-order chi connectivity index (χ1) is 21.8. The van der Waals surface area contributed by atoms with Gasteiger partial charge in [0, 0.05) is 36.9 Å². The number of benzene rings is 8. The van der Waals surface area contributed by atoms with Crippen LogP contribution in [0.5, 0.6) is 0 Å². The van der Waals surface area contributed by atoms with Gasteiger partial charge in [0.1, 0.15) is 0 Å². The molecular formula is C42H27NS. The van der Waals surface area contributed by atoms with Gasteiger partial charge in [0.2, 0.25) is 0 Å². The molecule has 2 heteroatoms. The van der Waals surface area contributed by atoms with E-state index in [0.29, 0.717) is 0 Å². The molecule has 44 heavy (non-hydrogen) atoms. The third-order valence-electron chi connectivity index (χ3n) is 8.84. The molecule has 0 radical (unpaired) electrons. The average Bonchev–Trinajstić information content (AvgIpc) is 3.47. The fraction of sp³-hybridized carbons (Fsp3) is 0. The number of hydrogen-bond acceptors (Lipinski definition) is 2. The largest absolute Gasteiger partial charge is 0.310 e. The van der Waals surface area contributed by atoms with Gasteiger partial charge < -0.3 is 4.90 Å². The van der Waals surface area contributed by atoms with E-state index in [2.05, 4.69) is 169 Å². The maximum atomic E-state index is 2.45. The summed E-state index contributed by atoms with van der Waals surface area (Å²) in [6.07, 6.45) is 0. The summed E-state index contributed by atoms with van der Waals surface area (Å²) in [5, 5.41) is 10.2. The number of nitrogens with zero attached hydrogens (tertiary/aromatic N) is 1. The Kier molecular flexibility index (Phi) is 5.75. The van der Waals surface area contributed by atoms with Gasteiger partial charge in [0.05, 0.1) is 5.69 Å². The van der Waals surface area contributed by atoms with Gasteiger partial charge in [-0.2, -0.15) is 0 Å². The van der Waals surface area contributed by atoms with E-state index in [1.807, 2.05) is 11.3 Å². The minimum absolute atomic E-state index is 1.13. The Bertz CT molecular complexity index is 2490. The van der Waals surface area contributed by atoms with Crippen molar-refractivity contribution in [1.29, 1.82) is 0 Å². The zero-order valence-electron chi connectivity index (χ0n) is 23.9. The summed E-state index contributed by atoms with van der Waals surface area (Å²) in [6.45, 7) is 0. The van der Waals surface area contributed by atoms with Gasteiger partial charge in [-0.05, 0) is 74.5 Å². The lowest BCUT2D eigenvalue weighted by atomic mass is 9.95. The van der Waals surface area contributed by atoms with Crippen molar-refractivity contribution in [2.75, 3.05) is 4.90 Å². The van der Waals surface area contributed by atoms with Gasteiger partial charge in [-0.15, -0.1) is 11.3 Å². The summed E-state index contributed by atoms with van der Waals surface area (Å²) < 4.78 is 2.62. The van der Waals surface area contributed by atoms with Crippen molar-refractivity contribution in [3.05, 3.63) is 164 Å². The number of rotatable bonds is 4. The van der Waals surface area contributed by atoms with E-state index in [0.717, 1.165) is 11.4 Å². The summed E-state index contributed by atoms with van der Waals surface area (Å²) in [5.41, 5.74) is 5.90. The normalized spacial score (nSPS) is 11.6. The van der Waals surface area contributed by atoms with Crippen molar-refractivity contribution < 1.29 is 0 Å². The van der Waals surface area contributed by atoms with Crippen molar-refractivity contribution >= 4 is 80.9 Å². The van der Waals surface area contributed by atoms with E-state index in [9.17, 15) is 0 Å². The fourth-order valence-corrected chi connectivity index (χ4v) is 7.88.